The predicted octanol–water partition coefficient (Wildman–Crippen LogP) is 4.14. The lowest BCUT2D eigenvalue weighted by Crippen LogP contribution is -2.41. The maximum absolute atomic E-state index is 6.59. The van der Waals surface area contributed by atoms with Crippen LogP contribution in [0.25, 0.3) is 0 Å². The normalized spacial score (nSPS) is 42.8. The Morgan fingerprint density at radius 3 is 2.79 bits per heavy atom. The summed E-state index contributed by atoms with van der Waals surface area (Å²) in [6.07, 6.45) is 7.56. The van der Waals surface area contributed by atoms with Gasteiger partial charge in [-0.3, -0.25) is 4.99 Å². The predicted molar refractivity (Wildman–Crippen MR) is 77.4 cm³/mol. The Bertz CT molecular complexity index is 477. The van der Waals surface area contributed by atoms with Crippen LogP contribution in [0.2, 0.25) is 0 Å². The molecular formula is C16H22ClNO. The van der Waals surface area contributed by atoms with Crippen LogP contribution < -0.4 is 0 Å². The fourth-order valence-corrected chi connectivity index (χ4v) is 5.52. The van der Waals surface area contributed by atoms with E-state index in [-0.39, 0.29) is 0 Å². The molecule has 0 aromatic carbocycles. The second-order valence-corrected chi connectivity index (χ2v) is 7.34. The molecule has 4 atom stereocenters. The van der Waals surface area contributed by atoms with Gasteiger partial charge in [-0.1, -0.05) is 23.6 Å². The van der Waals surface area contributed by atoms with Crippen LogP contribution in [0.5, 0.6) is 0 Å². The van der Waals surface area contributed by atoms with E-state index in [1.54, 1.807) is 7.11 Å². The quantitative estimate of drug-likeness (QED) is 0.653. The van der Waals surface area contributed by atoms with Gasteiger partial charge in [0.2, 0.25) is 0 Å². The van der Waals surface area contributed by atoms with Gasteiger partial charge in [-0.25, -0.2) is 0 Å². The maximum atomic E-state index is 6.59. The molecular weight excluding hydrogens is 258 g/mol. The number of aliphatic imine (C=N–C) groups is 1. The first-order chi connectivity index (χ1) is 9.17. The minimum Gasteiger partial charge on any atom is -0.484 e. The molecule has 2 nitrogen and oxygen atoms in total. The van der Waals surface area contributed by atoms with Crippen molar-refractivity contribution in [1.82, 2.24) is 0 Å². The molecule has 2 heterocycles. The highest BCUT2D eigenvalue weighted by atomic mass is 35.5. The van der Waals surface area contributed by atoms with Gasteiger partial charge in [0.05, 0.1) is 13.2 Å². The second kappa shape index (κ2) is 4.00. The Morgan fingerprint density at radius 2 is 2.11 bits per heavy atom. The van der Waals surface area contributed by atoms with Gasteiger partial charge >= 0.3 is 0 Å². The van der Waals surface area contributed by atoms with Gasteiger partial charge < -0.3 is 4.74 Å². The summed E-state index contributed by atoms with van der Waals surface area (Å²) in [6.45, 7) is 2.26. The van der Waals surface area contributed by atoms with Crippen molar-refractivity contribution in [3.8, 4) is 0 Å². The van der Waals surface area contributed by atoms with Crippen LogP contribution in [0.3, 0.4) is 0 Å². The van der Waals surface area contributed by atoms with E-state index in [2.05, 4.69) is 6.92 Å². The van der Waals surface area contributed by atoms with E-state index in [0.29, 0.717) is 29.2 Å². The third kappa shape index (κ3) is 1.53. The number of fused-ring (bicyclic) bond motifs is 4. The minimum atomic E-state index is 0.453. The molecule has 1 fully saturated rings. The standard InChI is InChI=1S/C16H22ClNO/c1-9-12(17)8-11-13-5-3-4-10(15(18-13)19-2)14(9)16(11)6-7-16/h10-11,13-14H,3-8H2,1-2H3. The summed E-state index contributed by atoms with van der Waals surface area (Å²) in [5.41, 5.74) is 1.95. The number of halogens is 1. The van der Waals surface area contributed by atoms with E-state index in [4.69, 9.17) is 21.3 Å². The highest BCUT2D eigenvalue weighted by Gasteiger charge is 2.63. The summed E-state index contributed by atoms with van der Waals surface area (Å²) in [7, 11) is 1.80. The number of allylic oxidation sites excluding steroid dienone is 2. The van der Waals surface area contributed by atoms with Gasteiger partial charge in [0.25, 0.3) is 0 Å². The Hall–Kier alpha value is -0.500. The zero-order valence-corrected chi connectivity index (χ0v) is 12.5. The summed E-state index contributed by atoms with van der Waals surface area (Å²) in [5, 5.41) is 1.12. The summed E-state index contributed by atoms with van der Waals surface area (Å²) < 4.78 is 5.68. The molecule has 0 aromatic heterocycles. The fraction of sp³-hybridized carbons (Fsp3) is 0.812. The SMILES string of the molecule is COC1=NC2CCCC1C1C(C)=C(Cl)CC2C12CC2. The lowest BCUT2D eigenvalue weighted by Gasteiger charge is -2.44. The Morgan fingerprint density at radius 1 is 1.32 bits per heavy atom. The van der Waals surface area contributed by atoms with Crippen LogP contribution in [-0.4, -0.2) is 19.0 Å². The second-order valence-electron chi connectivity index (χ2n) is 6.89. The van der Waals surface area contributed by atoms with E-state index < -0.39 is 0 Å². The molecule has 1 spiro atoms. The molecule has 4 rings (SSSR count). The number of hydrogen-bond acceptors (Lipinski definition) is 2. The highest BCUT2D eigenvalue weighted by molar-refractivity contribution is 6.30. The Labute approximate surface area is 120 Å². The van der Waals surface area contributed by atoms with Crippen molar-refractivity contribution in [3.05, 3.63) is 10.6 Å². The fourth-order valence-electron chi connectivity index (χ4n) is 5.23. The molecule has 0 amide bonds. The maximum Gasteiger partial charge on any atom is 0.187 e. The Balaban J connectivity index is 1.90. The van der Waals surface area contributed by atoms with Crippen molar-refractivity contribution in [1.29, 1.82) is 0 Å². The smallest absolute Gasteiger partial charge is 0.187 e. The lowest BCUT2D eigenvalue weighted by molar-refractivity contribution is 0.132. The van der Waals surface area contributed by atoms with Gasteiger partial charge in [0.1, 0.15) is 0 Å². The molecule has 1 saturated carbocycles. The van der Waals surface area contributed by atoms with E-state index in [0.717, 1.165) is 17.4 Å². The first-order valence-corrected chi connectivity index (χ1v) is 8.02. The number of methoxy groups -OCH3 is 1. The molecule has 4 aliphatic rings. The molecule has 4 unspecified atom stereocenters. The zero-order chi connectivity index (χ0) is 13.2. The van der Waals surface area contributed by atoms with E-state index >= 15 is 0 Å². The van der Waals surface area contributed by atoms with Crippen LogP contribution in [0.15, 0.2) is 15.6 Å². The summed E-state index contributed by atoms with van der Waals surface area (Å²) in [6, 6.07) is 0.453. The van der Waals surface area contributed by atoms with Gasteiger partial charge in [-0.05, 0) is 56.3 Å². The molecule has 3 heteroatoms. The molecule has 0 radical (unpaired) electrons. The molecule has 2 aliphatic heterocycles. The molecule has 0 N–H and O–H groups in total. The van der Waals surface area contributed by atoms with Gasteiger partial charge in [0.15, 0.2) is 5.90 Å². The Kier molecular flexibility index (Phi) is 2.58. The van der Waals surface area contributed by atoms with Crippen LogP contribution in [-0.2, 0) is 4.74 Å². The van der Waals surface area contributed by atoms with Gasteiger partial charge in [-0.15, -0.1) is 0 Å². The highest BCUT2D eigenvalue weighted by Crippen LogP contribution is 2.69. The monoisotopic (exact) mass is 279 g/mol. The van der Waals surface area contributed by atoms with Crippen LogP contribution >= 0.6 is 11.6 Å². The average Bonchev–Trinajstić information content (AvgIpc) is 3.19. The summed E-state index contributed by atoms with van der Waals surface area (Å²) >= 11 is 6.59. The van der Waals surface area contributed by atoms with Crippen molar-refractivity contribution >= 4 is 17.5 Å². The minimum absolute atomic E-state index is 0.453. The average molecular weight is 280 g/mol. The van der Waals surface area contributed by atoms with E-state index in [1.807, 2.05) is 0 Å². The number of ether oxygens (including phenoxy) is 1. The molecule has 0 aromatic rings. The van der Waals surface area contributed by atoms with Crippen LogP contribution in [0.1, 0.15) is 45.4 Å². The zero-order valence-electron chi connectivity index (χ0n) is 11.8. The summed E-state index contributed by atoms with van der Waals surface area (Å²) in [5.74, 6) is 2.77. The molecule has 4 bridgehead atoms. The topological polar surface area (TPSA) is 21.6 Å². The van der Waals surface area contributed by atoms with Gasteiger partial charge in [0, 0.05) is 11.0 Å². The van der Waals surface area contributed by atoms with E-state index in [9.17, 15) is 0 Å². The molecule has 19 heavy (non-hydrogen) atoms. The first kappa shape index (κ1) is 12.3. The third-order valence-corrected chi connectivity index (χ3v) is 6.63. The summed E-state index contributed by atoms with van der Waals surface area (Å²) in [4.78, 5) is 5.01. The number of hydrogen-bond donors (Lipinski definition) is 0. The van der Waals surface area contributed by atoms with Crippen LogP contribution in [0.4, 0.5) is 0 Å². The molecule has 0 saturated heterocycles. The van der Waals surface area contributed by atoms with Crippen molar-refractivity contribution in [2.75, 3.05) is 7.11 Å². The van der Waals surface area contributed by atoms with E-state index in [1.165, 1.54) is 37.7 Å². The van der Waals surface area contributed by atoms with Crippen molar-refractivity contribution < 1.29 is 4.74 Å². The molecule has 104 valence electrons. The lowest BCUT2D eigenvalue weighted by atomic mass is 9.60. The number of nitrogens with zero attached hydrogens (tertiary/aromatic N) is 1. The number of rotatable bonds is 0. The van der Waals surface area contributed by atoms with Crippen molar-refractivity contribution in [2.45, 2.75) is 51.5 Å². The molecule has 2 aliphatic carbocycles. The first-order valence-electron chi connectivity index (χ1n) is 7.64. The van der Waals surface area contributed by atoms with Crippen molar-refractivity contribution in [2.24, 2.45) is 28.2 Å². The third-order valence-electron chi connectivity index (χ3n) is 6.18. The van der Waals surface area contributed by atoms with Gasteiger partial charge in [-0.2, -0.15) is 0 Å². The largest absolute Gasteiger partial charge is 0.484 e. The van der Waals surface area contributed by atoms with Crippen LogP contribution in [0, 0.1) is 23.2 Å². The van der Waals surface area contributed by atoms with Crippen molar-refractivity contribution in [3.63, 3.8) is 0 Å².